The Morgan fingerprint density at radius 2 is 2.25 bits per heavy atom. The summed E-state index contributed by atoms with van der Waals surface area (Å²) >= 11 is 1.71. The first-order valence-corrected chi connectivity index (χ1v) is 11.0. The quantitative estimate of drug-likeness (QED) is 0.764. The van der Waals surface area contributed by atoms with Crippen LogP contribution < -0.4 is 0 Å². The van der Waals surface area contributed by atoms with Crippen molar-refractivity contribution in [2.24, 2.45) is 0 Å². The van der Waals surface area contributed by atoms with Crippen LogP contribution in [0.2, 0.25) is 0 Å². The fourth-order valence-corrected chi connectivity index (χ4v) is 5.31. The van der Waals surface area contributed by atoms with Crippen molar-refractivity contribution in [1.82, 2.24) is 15.0 Å². The van der Waals surface area contributed by atoms with Gasteiger partial charge >= 0.3 is 0 Å². The Labute approximate surface area is 170 Å². The highest BCUT2D eigenvalue weighted by Gasteiger charge is 2.27. The highest BCUT2D eigenvalue weighted by molar-refractivity contribution is 7.10. The van der Waals surface area contributed by atoms with Gasteiger partial charge in [-0.05, 0) is 45.1 Å². The summed E-state index contributed by atoms with van der Waals surface area (Å²) in [7, 11) is 1.90. The van der Waals surface area contributed by atoms with E-state index in [4.69, 9.17) is 9.26 Å². The van der Waals surface area contributed by atoms with Crippen molar-refractivity contribution in [3.05, 3.63) is 38.4 Å². The van der Waals surface area contributed by atoms with E-state index < -0.39 is 0 Å². The van der Waals surface area contributed by atoms with Crippen LogP contribution in [0, 0.1) is 13.8 Å². The molecule has 0 aliphatic carbocycles. The topological polar surface area (TPSA) is 58.8 Å². The Hall–Kier alpha value is -1.70. The van der Waals surface area contributed by atoms with Crippen LogP contribution in [0.1, 0.15) is 57.1 Å². The predicted molar refractivity (Wildman–Crippen MR) is 109 cm³/mol. The number of thiophene rings is 1. The zero-order valence-corrected chi connectivity index (χ0v) is 17.8. The molecule has 0 unspecified atom stereocenters. The number of rotatable bonds is 5. The van der Waals surface area contributed by atoms with Crippen molar-refractivity contribution >= 4 is 17.2 Å². The number of hydrogen-bond donors (Lipinski definition) is 0. The number of carbonyl (C=O) groups excluding carboxylic acids is 1. The predicted octanol–water partition coefficient (Wildman–Crippen LogP) is 3.55. The van der Waals surface area contributed by atoms with E-state index in [-0.39, 0.29) is 12.0 Å². The maximum absolute atomic E-state index is 13.0. The van der Waals surface area contributed by atoms with Crippen molar-refractivity contribution in [2.75, 3.05) is 26.7 Å². The lowest BCUT2D eigenvalue weighted by Crippen LogP contribution is -2.37. The van der Waals surface area contributed by atoms with Gasteiger partial charge in [-0.2, -0.15) is 0 Å². The summed E-state index contributed by atoms with van der Waals surface area (Å²) in [4.78, 5) is 18.6. The maximum Gasteiger partial charge on any atom is 0.254 e. The molecule has 1 amide bonds. The smallest absolute Gasteiger partial charge is 0.254 e. The summed E-state index contributed by atoms with van der Waals surface area (Å²) in [5.74, 6) is 1.03. The third-order valence-corrected chi connectivity index (χ3v) is 6.93. The molecule has 2 aromatic heterocycles. The molecule has 1 atom stereocenters. The normalized spacial score (nSPS) is 20.2. The first kappa shape index (κ1) is 19.6. The fraction of sp³-hybridized carbons (Fsp3) is 0.619. The second-order valence-corrected chi connectivity index (χ2v) is 8.95. The van der Waals surface area contributed by atoms with Gasteiger partial charge in [0.15, 0.2) is 0 Å². The number of ether oxygens (including phenoxy) is 1. The molecule has 28 heavy (non-hydrogen) atoms. The van der Waals surface area contributed by atoms with Crippen LogP contribution in [0.3, 0.4) is 0 Å². The molecule has 152 valence electrons. The monoisotopic (exact) mass is 403 g/mol. The Kier molecular flexibility index (Phi) is 5.85. The standard InChI is InChI=1S/C21H29N3O3S/c1-14-18(15(2)27-22-14)11-24-8-7-17-19(13-28-20(17)12-24)21(25)23(3)10-16-6-4-5-9-26-16/h13,16H,4-12H2,1-3H3/t16-/m1/s1. The summed E-state index contributed by atoms with van der Waals surface area (Å²) in [6, 6.07) is 0. The van der Waals surface area contributed by atoms with Crippen molar-refractivity contribution in [2.45, 2.75) is 58.7 Å². The Bertz CT molecular complexity index is 819. The average Bonchev–Trinajstić information content (AvgIpc) is 3.26. The maximum atomic E-state index is 13.0. The summed E-state index contributed by atoms with van der Waals surface area (Å²) in [6.07, 6.45) is 4.48. The molecule has 1 fully saturated rings. The summed E-state index contributed by atoms with van der Waals surface area (Å²) in [6.45, 7) is 8.15. The Morgan fingerprint density at radius 3 is 2.96 bits per heavy atom. The highest BCUT2D eigenvalue weighted by Crippen LogP contribution is 2.31. The first-order valence-electron chi connectivity index (χ1n) is 10.1. The van der Waals surface area contributed by atoms with Gasteiger partial charge in [0.1, 0.15) is 5.76 Å². The molecular weight excluding hydrogens is 374 g/mol. The Morgan fingerprint density at radius 1 is 1.39 bits per heavy atom. The molecule has 0 aromatic carbocycles. The third kappa shape index (κ3) is 4.02. The number of aromatic nitrogens is 1. The SMILES string of the molecule is Cc1noc(C)c1CN1CCc2c(C(=O)N(C)C[C@H]3CCCCO3)csc2C1. The number of nitrogens with zero attached hydrogens (tertiary/aromatic N) is 3. The number of carbonyl (C=O) groups is 1. The third-order valence-electron chi connectivity index (χ3n) is 5.92. The average molecular weight is 404 g/mol. The van der Waals surface area contributed by atoms with Crippen molar-refractivity contribution in [1.29, 1.82) is 0 Å². The van der Waals surface area contributed by atoms with Gasteiger partial charge in [0, 0.05) is 55.7 Å². The van der Waals surface area contributed by atoms with Gasteiger partial charge in [-0.3, -0.25) is 9.69 Å². The minimum atomic E-state index is 0.130. The van der Waals surface area contributed by atoms with E-state index in [9.17, 15) is 4.79 Å². The van der Waals surface area contributed by atoms with Gasteiger partial charge < -0.3 is 14.2 Å². The van der Waals surface area contributed by atoms with Crippen molar-refractivity contribution < 1.29 is 14.1 Å². The molecule has 2 aromatic rings. The van der Waals surface area contributed by atoms with Crippen LogP contribution >= 0.6 is 11.3 Å². The van der Waals surface area contributed by atoms with Gasteiger partial charge in [0.25, 0.3) is 5.91 Å². The first-order chi connectivity index (χ1) is 13.5. The molecule has 6 nitrogen and oxygen atoms in total. The lowest BCUT2D eigenvalue weighted by molar-refractivity contribution is -0.000206. The molecule has 4 rings (SSSR count). The van der Waals surface area contributed by atoms with E-state index in [2.05, 4.69) is 10.1 Å². The van der Waals surface area contributed by atoms with E-state index in [1.807, 2.05) is 31.2 Å². The lowest BCUT2D eigenvalue weighted by atomic mass is 10.0. The minimum absolute atomic E-state index is 0.130. The van der Waals surface area contributed by atoms with Crippen LogP contribution in [0.4, 0.5) is 0 Å². The fourth-order valence-electron chi connectivity index (χ4n) is 4.19. The zero-order valence-electron chi connectivity index (χ0n) is 17.0. The van der Waals surface area contributed by atoms with Gasteiger partial charge in [0.2, 0.25) is 0 Å². The minimum Gasteiger partial charge on any atom is -0.376 e. The second-order valence-electron chi connectivity index (χ2n) is 7.99. The van der Waals surface area contributed by atoms with Gasteiger partial charge in [0.05, 0.1) is 17.4 Å². The van der Waals surface area contributed by atoms with Gasteiger partial charge in [-0.15, -0.1) is 11.3 Å². The molecule has 0 radical (unpaired) electrons. The van der Waals surface area contributed by atoms with E-state index in [1.165, 1.54) is 22.4 Å². The van der Waals surface area contributed by atoms with E-state index >= 15 is 0 Å². The molecule has 0 bridgehead atoms. The molecule has 0 spiro atoms. The molecular formula is C21H29N3O3S. The number of fused-ring (bicyclic) bond motifs is 1. The highest BCUT2D eigenvalue weighted by atomic mass is 32.1. The number of likely N-dealkylation sites (N-methyl/N-ethyl adjacent to an activating group) is 1. The molecule has 2 aliphatic rings. The van der Waals surface area contributed by atoms with Gasteiger partial charge in [-0.1, -0.05) is 5.16 Å². The van der Waals surface area contributed by atoms with Crippen LogP contribution in [0.15, 0.2) is 9.90 Å². The molecule has 7 heteroatoms. The molecule has 1 saturated heterocycles. The largest absolute Gasteiger partial charge is 0.376 e. The number of aryl methyl sites for hydroxylation is 2. The molecule has 0 N–H and O–H groups in total. The van der Waals surface area contributed by atoms with E-state index in [0.717, 1.165) is 62.5 Å². The molecule has 4 heterocycles. The summed E-state index contributed by atoms with van der Waals surface area (Å²) in [5.41, 5.74) is 4.28. The zero-order chi connectivity index (χ0) is 19.7. The molecule has 2 aliphatic heterocycles. The van der Waals surface area contributed by atoms with Crippen LogP contribution in [-0.4, -0.2) is 53.7 Å². The Balaban J connectivity index is 1.41. The van der Waals surface area contributed by atoms with Crippen LogP contribution in [-0.2, 0) is 24.2 Å². The summed E-state index contributed by atoms with van der Waals surface area (Å²) in [5, 5.41) is 6.11. The summed E-state index contributed by atoms with van der Waals surface area (Å²) < 4.78 is 11.1. The number of hydrogen-bond acceptors (Lipinski definition) is 6. The van der Waals surface area contributed by atoms with E-state index in [0.29, 0.717) is 6.54 Å². The van der Waals surface area contributed by atoms with E-state index in [1.54, 1.807) is 11.3 Å². The van der Waals surface area contributed by atoms with Crippen LogP contribution in [0.5, 0.6) is 0 Å². The lowest BCUT2D eigenvalue weighted by Gasteiger charge is -2.29. The second kappa shape index (κ2) is 8.35. The van der Waals surface area contributed by atoms with Crippen LogP contribution in [0.25, 0.3) is 0 Å². The van der Waals surface area contributed by atoms with Crippen molar-refractivity contribution in [3.63, 3.8) is 0 Å². The number of amides is 1. The van der Waals surface area contributed by atoms with Gasteiger partial charge in [-0.25, -0.2) is 0 Å². The molecule has 0 saturated carbocycles. The van der Waals surface area contributed by atoms with Crippen molar-refractivity contribution in [3.8, 4) is 0 Å².